The standard InChI is InChI=1S/C37H55NO5.BrH/c1-5-6-7-8-9-10-11-12-13-14-15-16-17-18-21-38(3,4)22-19-20-23-43-29-26-31-35(33(40)27-29)37(42)34-30(36(31)41)24-28(2)25-32(34)39;/h24-27H,5-23H2,1-4H3,(H-,39,40,42);1H. The summed E-state index contributed by atoms with van der Waals surface area (Å²) in [5.74, 6) is -1.13. The molecule has 0 atom stereocenters. The first kappa shape index (κ1) is 37.8. The number of quaternary nitrogens is 1. The van der Waals surface area contributed by atoms with Crippen LogP contribution in [0.2, 0.25) is 0 Å². The van der Waals surface area contributed by atoms with Gasteiger partial charge in [-0.2, -0.15) is 0 Å². The van der Waals surface area contributed by atoms with Crippen LogP contribution in [0.15, 0.2) is 24.3 Å². The number of ketones is 2. The highest BCUT2D eigenvalue weighted by Gasteiger charge is 2.35. The van der Waals surface area contributed by atoms with Gasteiger partial charge in [0.25, 0.3) is 0 Å². The van der Waals surface area contributed by atoms with Gasteiger partial charge >= 0.3 is 0 Å². The van der Waals surface area contributed by atoms with Gasteiger partial charge in [-0.25, -0.2) is 0 Å². The summed E-state index contributed by atoms with van der Waals surface area (Å²) in [6.07, 6.45) is 21.2. The Bertz CT molecular complexity index is 1210. The number of hydrogen-bond acceptors (Lipinski definition) is 5. The lowest BCUT2D eigenvalue weighted by atomic mass is 9.82. The summed E-state index contributed by atoms with van der Waals surface area (Å²) in [6.45, 7) is 6.76. The topological polar surface area (TPSA) is 83.8 Å². The summed E-state index contributed by atoms with van der Waals surface area (Å²) >= 11 is 0. The van der Waals surface area contributed by atoms with Gasteiger partial charge in [0.15, 0.2) is 5.78 Å². The number of fused-ring (bicyclic) bond motifs is 2. The molecule has 44 heavy (non-hydrogen) atoms. The molecule has 0 fully saturated rings. The van der Waals surface area contributed by atoms with E-state index in [4.69, 9.17) is 4.74 Å². The van der Waals surface area contributed by atoms with Crippen LogP contribution in [0.1, 0.15) is 147 Å². The van der Waals surface area contributed by atoms with E-state index < -0.39 is 11.6 Å². The summed E-state index contributed by atoms with van der Waals surface area (Å²) in [6, 6.07) is 5.97. The van der Waals surface area contributed by atoms with Gasteiger partial charge in [0.1, 0.15) is 17.2 Å². The fourth-order valence-corrected chi connectivity index (χ4v) is 6.24. The van der Waals surface area contributed by atoms with Crippen molar-refractivity contribution in [1.29, 1.82) is 0 Å². The molecular formula is C37H56BrNO5. The summed E-state index contributed by atoms with van der Waals surface area (Å²) in [5, 5.41) is 20.9. The van der Waals surface area contributed by atoms with Gasteiger partial charge in [0.2, 0.25) is 5.78 Å². The van der Waals surface area contributed by atoms with Gasteiger partial charge < -0.3 is 36.4 Å². The second kappa shape index (κ2) is 19.2. The molecule has 2 aromatic rings. The zero-order chi connectivity index (χ0) is 31.2. The van der Waals surface area contributed by atoms with Gasteiger partial charge in [0, 0.05) is 17.2 Å². The largest absolute Gasteiger partial charge is 1.00 e. The lowest BCUT2D eigenvalue weighted by Gasteiger charge is -2.30. The fourth-order valence-electron chi connectivity index (χ4n) is 6.24. The van der Waals surface area contributed by atoms with Crippen molar-refractivity contribution in [3.8, 4) is 17.2 Å². The van der Waals surface area contributed by atoms with Crippen LogP contribution in [0.25, 0.3) is 0 Å². The van der Waals surface area contributed by atoms with Crippen molar-refractivity contribution < 1.29 is 46.0 Å². The van der Waals surface area contributed by atoms with E-state index in [0.29, 0.717) is 17.9 Å². The highest BCUT2D eigenvalue weighted by molar-refractivity contribution is 6.30. The second-order valence-corrected chi connectivity index (χ2v) is 13.3. The van der Waals surface area contributed by atoms with Crippen LogP contribution in [0, 0.1) is 6.92 Å². The van der Waals surface area contributed by atoms with E-state index in [0.717, 1.165) is 23.9 Å². The Balaban J connectivity index is 0.00000675. The van der Waals surface area contributed by atoms with Crippen LogP contribution < -0.4 is 21.7 Å². The van der Waals surface area contributed by atoms with Crippen molar-refractivity contribution in [3.05, 3.63) is 52.1 Å². The molecule has 0 bridgehead atoms. The number of hydrogen-bond donors (Lipinski definition) is 2. The Hall–Kier alpha value is -2.38. The maximum Gasteiger partial charge on any atom is 0.201 e. The number of rotatable bonds is 21. The van der Waals surface area contributed by atoms with E-state index in [1.54, 1.807) is 13.0 Å². The highest BCUT2D eigenvalue weighted by atomic mass is 79.9. The molecular weight excluding hydrogens is 618 g/mol. The summed E-state index contributed by atoms with van der Waals surface area (Å²) in [5.41, 5.74) is 0.824. The molecule has 0 radical (unpaired) electrons. The summed E-state index contributed by atoms with van der Waals surface area (Å²) in [4.78, 5) is 26.2. The molecule has 1 aliphatic carbocycles. The smallest absolute Gasteiger partial charge is 0.201 e. The lowest BCUT2D eigenvalue weighted by Crippen LogP contribution is -3.00. The molecule has 0 heterocycles. The van der Waals surface area contributed by atoms with Gasteiger partial charge in [-0.15, -0.1) is 0 Å². The maximum atomic E-state index is 13.2. The minimum atomic E-state index is -0.551. The number of carbonyl (C=O) groups is 2. The highest BCUT2D eigenvalue weighted by Crippen LogP contribution is 2.39. The second-order valence-electron chi connectivity index (χ2n) is 13.3. The predicted molar refractivity (Wildman–Crippen MR) is 175 cm³/mol. The third-order valence-corrected chi connectivity index (χ3v) is 8.84. The van der Waals surface area contributed by atoms with Crippen molar-refractivity contribution in [2.24, 2.45) is 0 Å². The van der Waals surface area contributed by atoms with Crippen LogP contribution in [-0.4, -0.2) is 60.1 Å². The van der Waals surface area contributed by atoms with Crippen LogP contribution in [0.3, 0.4) is 0 Å². The molecule has 3 rings (SSSR count). The Kier molecular flexibility index (Phi) is 16.5. The molecule has 0 amide bonds. The predicted octanol–water partition coefficient (Wildman–Crippen LogP) is 5.90. The number of aromatic hydroxyl groups is 2. The van der Waals surface area contributed by atoms with Crippen molar-refractivity contribution in [2.45, 2.75) is 117 Å². The molecule has 7 heteroatoms. The average Bonchev–Trinajstić information content (AvgIpc) is 2.95. The molecule has 0 saturated carbocycles. The minimum absolute atomic E-state index is 0. The Morgan fingerprint density at radius 2 is 1.07 bits per heavy atom. The van der Waals surface area contributed by atoms with Crippen molar-refractivity contribution in [3.63, 3.8) is 0 Å². The zero-order valence-corrected chi connectivity index (χ0v) is 29.3. The van der Waals surface area contributed by atoms with E-state index in [1.165, 1.54) is 115 Å². The zero-order valence-electron chi connectivity index (χ0n) is 27.7. The number of ether oxygens (including phenoxy) is 1. The Labute approximate surface area is 276 Å². The van der Waals surface area contributed by atoms with Crippen LogP contribution in [-0.2, 0) is 0 Å². The van der Waals surface area contributed by atoms with Gasteiger partial charge in [-0.1, -0.05) is 84.0 Å². The normalized spacial score (nSPS) is 12.5. The molecule has 0 unspecified atom stereocenters. The van der Waals surface area contributed by atoms with Gasteiger partial charge in [0.05, 0.1) is 44.9 Å². The van der Waals surface area contributed by atoms with E-state index in [2.05, 4.69) is 21.0 Å². The van der Waals surface area contributed by atoms with Crippen molar-refractivity contribution >= 4 is 11.6 Å². The first-order chi connectivity index (χ1) is 20.6. The van der Waals surface area contributed by atoms with Crippen molar-refractivity contribution in [2.75, 3.05) is 33.8 Å². The lowest BCUT2D eigenvalue weighted by molar-refractivity contribution is -0.890. The summed E-state index contributed by atoms with van der Waals surface area (Å²) < 4.78 is 6.89. The number of aryl methyl sites for hydroxylation is 1. The monoisotopic (exact) mass is 673 g/mol. The molecule has 2 N–H and O–H groups in total. The number of phenolic OH excluding ortho intramolecular Hbond substituents is 2. The quantitative estimate of drug-likeness (QED) is 0.109. The van der Waals surface area contributed by atoms with E-state index in [1.807, 2.05) is 0 Å². The van der Waals surface area contributed by atoms with Crippen molar-refractivity contribution in [1.82, 2.24) is 0 Å². The third-order valence-electron chi connectivity index (χ3n) is 8.84. The Morgan fingerprint density at radius 3 is 1.61 bits per heavy atom. The molecule has 1 aliphatic rings. The number of carbonyl (C=O) groups excluding carboxylic acids is 2. The number of benzene rings is 2. The van der Waals surface area contributed by atoms with E-state index >= 15 is 0 Å². The molecule has 0 saturated heterocycles. The number of halogens is 1. The third kappa shape index (κ3) is 11.5. The number of phenols is 2. The molecule has 246 valence electrons. The number of unbranched alkanes of at least 4 members (excludes halogenated alkanes) is 14. The van der Waals surface area contributed by atoms with E-state index in [-0.39, 0.29) is 50.7 Å². The first-order valence-corrected chi connectivity index (χ1v) is 16.9. The molecule has 6 nitrogen and oxygen atoms in total. The molecule has 0 spiro atoms. The van der Waals surface area contributed by atoms with Gasteiger partial charge in [-0.05, 0) is 56.4 Å². The molecule has 0 aromatic heterocycles. The van der Waals surface area contributed by atoms with Gasteiger partial charge in [-0.3, -0.25) is 9.59 Å². The first-order valence-electron chi connectivity index (χ1n) is 16.9. The average molecular weight is 675 g/mol. The van der Waals surface area contributed by atoms with E-state index in [9.17, 15) is 19.8 Å². The molecule has 2 aromatic carbocycles. The maximum absolute atomic E-state index is 13.2. The fraction of sp³-hybridized carbons (Fsp3) is 0.622. The Morgan fingerprint density at radius 1 is 0.614 bits per heavy atom. The number of nitrogens with zero attached hydrogens (tertiary/aromatic N) is 1. The minimum Gasteiger partial charge on any atom is -1.00 e. The summed E-state index contributed by atoms with van der Waals surface area (Å²) in [7, 11) is 4.59. The molecule has 0 aliphatic heterocycles. The van der Waals surface area contributed by atoms with Crippen LogP contribution >= 0.6 is 0 Å². The van der Waals surface area contributed by atoms with Crippen LogP contribution in [0.5, 0.6) is 17.2 Å². The van der Waals surface area contributed by atoms with Crippen LogP contribution in [0.4, 0.5) is 0 Å². The SMILES string of the molecule is CCCCCCCCCCCCCCCC[N+](C)(C)CCCCOc1cc(O)c2c(c1)C(=O)c1cc(C)cc(O)c1C2=O.[Br-].